The molecule has 0 spiro atoms. The molecule has 0 aliphatic heterocycles. The number of aromatic nitrogens is 1. The van der Waals surface area contributed by atoms with E-state index in [0.717, 1.165) is 11.2 Å². The van der Waals surface area contributed by atoms with Crippen molar-refractivity contribution in [3.63, 3.8) is 0 Å². The number of nitrogens with zero attached hydrogens (tertiary/aromatic N) is 1. The van der Waals surface area contributed by atoms with Crippen LogP contribution in [0.15, 0.2) is 103 Å². The van der Waals surface area contributed by atoms with Gasteiger partial charge in [-0.1, -0.05) is 105 Å². The van der Waals surface area contributed by atoms with Crippen LogP contribution in [0.2, 0.25) is 0 Å². The summed E-state index contributed by atoms with van der Waals surface area (Å²) in [6.07, 6.45) is 0. The number of para-hydroxylation sites is 1. The Morgan fingerprint density at radius 2 is 1.26 bits per heavy atom. The van der Waals surface area contributed by atoms with Crippen molar-refractivity contribution >= 4 is 10.9 Å². The van der Waals surface area contributed by atoms with Gasteiger partial charge in [-0.3, -0.25) is 0 Å². The third kappa shape index (κ3) is 2.67. The van der Waals surface area contributed by atoms with Gasteiger partial charge in [0.1, 0.15) is 0 Å². The topological polar surface area (TPSA) is 12.9 Å². The molecule has 148 valence electrons. The molecule has 0 bridgehead atoms. The average molecular weight is 398 g/mol. The van der Waals surface area contributed by atoms with Gasteiger partial charge < -0.3 is 0 Å². The standard InChI is InChI=1S/C30H23N/c1-30(2)25-16-8-6-14-22(25)29-23(15-10-17-26(29)30)28-19-24(20-11-4-3-5-12-20)21-13-7-9-18-27(21)31-28/h3-19H,1-2H3. The minimum atomic E-state index is -0.0129. The second kappa shape index (κ2) is 6.65. The lowest BCUT2D eigenvalue weighted by atomic mass is 9.82. The van der Waals surface area contributed by atoms with E-state index in [-0.39, 0.29) is 5.41 Å². The second-order valence-electron chi connectivity index (χ2n) is 8.84. The zero-order valence-electron chi connectivity index (χ0n) is 17.8. The smallest absolute Gasteiger partial charge is 0.0722 e. The van der Waals surface area contributed by atoms with Crippen molar-refractivity contribution in [3.8, 4) is 33.5 Å². The molecule has 1 heteroatoms. The summed E-state index contributed by atoms with van der Waals surface area (Å²) in [6.45, 7) is 4.65. The fourth-order valence-corrected chi connectivity index (χ4v) is 5.14. The van der Waals surface area contributed by atoms with Crippen molar-refractivity contribution in [1.29, 1.82) is 0 Å². The first-order valence-corrected chi connectivity index (χ1v) is 10.8. The maximum Gasteiger partial charge on any atom is 0.0722 e. The minimum Gasteiger partial charge on any atom is -0.248 e. The second-order valence-corrected chi connectivity index (χ2v) is 8.84. The maximum absolute atomic E-state index is 5.13. The monoisotopic (exact) mass is 397 g/mol. The summed E-state index contributed by atoms with van der Waals surface area (Å²) in [5, 5.41) is 1.19. The molecule has 6 rings (SSSR count). The molecule has 1 aliphatic carbocycles. The quantitative estimate of drug-likeness (QED) is 0.295. The third-order valence-corrected chi connectivity index (χ3v) is 6.68. The highest BCUT2D eigenvalue weighted by Gasteiger charge is 2.36. The Kier molecular flexibility index (Phi) is 3.88. The number of rotatable bonds is 2. The van der Waals surface area contributed by atoms with Gasteiger partial charge >= 0.3 is 0 Å². The molecule has 0 atom stereocenters. The number of hydrogen-bond donors (Lipinski definition) is 0. The summed E-state index contributed by atoms with van der Waals surface area (Å²) in [6, 6.07) is 36.8. The molecule has 0 amide bonds. The Morgan fingerprint density at radius 3 is 2.13 bits per heavy atom. The molecule has 0 N–H and O–H groups in total. The first-order valence-electron chi connectivity index (χ1n) is 10.8. The molecule has 1 aliphatic rings. The van der Waals surface area contributed by atoms with Gasteiger partial charge in [-0.05, 0) is 45.5 Å². The molecule has 4 aromatic carbocycles. The number of hydrogen-bond acceptors (Lipinski definition) is 1. The summed E-state index contributed by atoms with van der Waals surface area (Å²) in [5.74, 6) is 0. The number of pyridine rings is 1. The molecule has 0 fully saturated rings. The highest BCUT2D eigenvalue weighted by molar-refractivity contribution is 5.99. The van der Waals surface area contributed by atoms with Gasteiger partial charge in [-0.25, -0.2) is 4.98 Å². The molecular formula is C30H23N. The van der Waals surface area contributed by atoms with Crippen molar-refractivity contribution in [2.75, 3.05) is 0 Å². The van der Waals surface area contributed by atoms with Gasteiger partial charge in [0.15, 0.2) is 0 Å². The van der Waals surface area contributed by atoms with Gasteiger partial charge in [0.2, 0.25) is 0 Å². The van der Waals surface area contributed by atoms with E-state index in [0.29, 0.717) is 0 Å². The fraction of sp³-hybridized carbons (Fsp3) is 0.100. The normalized spacial score (nSPS) is 13.7. The summed E-state index contributed by atoms with van der Waals surface area (Å²) in [4.78, 5) is 5.13. The fourth-order valence-electron chi connectivity index (χ4n) is 5.14. The Labute approximate surface area is 183 Å². The summed E-state index contributed by atoms with van der Waals surface area (Å²) in [5.41, 5.74) is 11.1. The highest BCUT2D eigenvalue weighted by atomic mass is 14.7. The van der Waals surface area contributed by atoms with Crippen molar-refractivity contribution in [3.05, 3.63) is 114 Å². The molecule has 31 heavy (non-hydrogen) atoms. The Hall–Kier alpha value is -3.71. The number of fused-ring (bicyclic) bond motifs is 4. The zero-order valence-corrected chi connectivity index (χ0v) is 17.8. The molecule has 0 saturated carbocycles. The van der Waals surface area contributed by atoms with Gasteiger partial charge in [0.25, 0.3) is 0 Å². The van der Waals surface area contributed by atoms with Crippen molar-refractivity contribution in [1.82, 2.24) is 4.98 Å². The van der Waals surface area contributed by atoms with Gasteiger partial charge in [0, 0.05) is 16.4 Å². The van der Waals surface area contributed by atoms with Gasteiger partial charge in [-0.15, -0.1) is 0 Å². The average Bonchev–Trinajstić information content (AvgIpc) is 3.06. The van der Waals surface area contributed by atoms with E-state index in [9.17, 15) is 0 Å². The van der Waals surface area contributed by atoms with Gasteiger partial charge in [0.05, 0.1) is 11.2 Å². The van der Waals surface area contributed by atoms with Crippen LogP contribution in [0.25, 0.3) is 44.4 Å². The molecule has 1 heterocycles. The van der Waals surface area contributed by atoms with Crippen LogP contribution in [-0.4, -0.2) is 4.98 Å². The molecular weight excluding hydrogens is 374 g/mol. The van der Waals surface area contributed by atoms with Crippen LogP contribution < -0.4 is 0 Å². The van der Waals surface area contributed by atoms with Crippen molar-refractivity contribution < 1.29 is 0 Å². The Morgan fingerprint density at radius 1 is 0.581 bits per heavy atom. The predicted octanol–water partition coefficient (Wildman–Crippen LogP) is 7.88. The van der Waals surface area contributed by atoms with E-state index in [4.69, 9.17) is 4.98 Å². The van der Waals surface area contributed by atoms with Gasteiger partial charge in [-0.2, -0.15) is 0 Å². The van der Waals surface area contributed by atoms with Crippen LogP contribution in [0, 0.1) is 0 Å². The lowest BCUT2D eigenvalue weighted by Crippen LogP contribution is -2.14. The highest BCUT2D eigenvalue weighted by Crippen LogP contribution is 2.52. The van der Waals surface area contributed by atoms with Crippen LogP contribution in [0.3, 0.4) is 0 Å². The summed E-state index contributed by atoms with van der Waals surface area (Å²) in [7, 11) is 0. The first-order chi connectivity index (χ1) is 15.1. The molecule has 0 radical (unpaired) electrons. The SMILES string of the molecule is CC1(C)c2ccccc2-c2c(-c3cc(-c4ccccc4)c4ccccc4n3)cccc21. The zero-order chi connectivity index (χ0) is 21.0. The van der Waals surface area contributed by atoms with Crippen LogP contribution >= 0.6 is 0 Å². The van der Waals surface area contributed by atoms with Crippen LogP contribution in [0.5, 0.6) is 0 Å². The minimum absolute atomic E-state index is 0.0129. The molecule has 1 aromatic heterocycles. The van der Waals surface area contributed by atoms with Crippen LogP contribution in [0.4, 0.5) is 0 Å². The molecule has 0 saturated heterocycles. The van der Waals surface area contributed by atoms with Crippen LogP contribution in [0.1, 0.15) is 25.0 Å². The molecule has 0 unspecified atom stereocenters. The molecule has 5 aromatic rings. The first kappa shape index (κ1) is 18.1. The van der Waals surface area contributed by atoms with Crippen molar-refractivity contribution in [2.45, 2.75) is 19.3 Å². The Balaban J connectivity index is 1.67. The Bertz CT molecular complexity index is 1440. The van der Waals surface area contributed by atoms with E-state index in [2.05, 4.69) is 117 Å². The predicted molar refractivity (Wildman–Crippen MR) is 130 cm³/mol. The maximum atomic E-state index is 5.13. The van der Waals surface area contributed by atoms with E-state index >= 15 is 0 Å². The van der Waals surface area contributed by atoms with E-state index in [1.165, 1.54) is 44.3 Å². The lowest BCUT2D eigenvalue weighted by Gasteiger charge is -2.21. The third-order valence-electron chi connectivity index (χ3n) is 6.68. The van der Waals surface area contributed by atoms with Crippen molar-refractivity contribution in [2.24, 2.45) is 0 Å². The largest absolute Gasteiger partial charge is 0.248 e. The summed E-state index contributed by atoms with van der Waals surface area (Å²) < 4.78 is 0. The number of benzene rings is 4. The van der Waals surface area contributed by atoms with E-state index < -0.39 is 0 Å². The summed E-state index contributed by atoms with van der Waals surface area (Å²) >= 11 is 0. The van der Waals surface area contributed by atoms with E-state index in [1.54, 1.807) is 0 Å². The van der Waals surface area contributed by atoms with Crippen LogP contribution in [-0.2, 0) is 5.41 Å². The van der Waals surface area contributed by atoms with E-state index in [1.807, 2.05) is 0 Å². The molecule has 1 nitrogen and oxygen atoms in total. The lowest BCUT2D eigenvalue weighted by molar-refractivity contribution is 0.660.